The molecule has 1 aliphatic heterocycles. The number of amides is 1. The predicted molar refractivity (Wildman–Crippen MR) is 106 cm³/mol. The van der Waals surface area contributed by atoms with E-state index in [1.807, 2.05) is 0 Å². The molecule has 1 aromatic carbocycles. The number of likely N-dealkylation sites (tertiary alicyclic amines) is 1. The fourth-order valence-electron chi connectivity index (χ4n) is 3.15. The number of benzene rings is 1. The summed E-state index contributed by atoms with van der Waals surface area (Å²) in [5.74, 6) is 1.54. The van der Waals surface area contributed by atoms with Gasteiger partial charge in [-0.3, -0.25) is 9.69 Å². The first-order chi connectivity index (χ1) is 12.9. The Morgan fingerprint density at radius 1 is 1.41 bits per heavy atom. The van der Waals surface area contributed by atoms with Gasteiger partial charge in [0.25, 0.3) is 0 Å². The van der Waals surface area contributed by atoms with E-state index in [0.717, 1.165) is 19.4 Å². The number of carbonyl (C=O) groups is 1. The maximum Gasteiger partial charge on any atom is 0.241 e. The maximum absolute atomic E-state index is 12.3. The molecule has 0 spiro atoms. The first kappa shape index (κ1) is 20.1. The second-order valence-electron chi connectivity index (χ2n) is 7.35. The van der Waals surface area contributed by atoms with Gasteiger partial charge < -0.3 is 9.84 Å². The molecule has 1 unspecified atom stereocenters. The molecular formula is C19H24Cl2N4O2. The lowest BCUT2D eigenvalue weighted by molar-refractivity contribution is -0.127. The van der Waals surface area contributed by atoms with E-state index < -0.39 is 0 Å². The third-order valence-corrected chi connectivity index (χ3v) is 5.11. The second kappa shape index (κ2) is 9.04. The van der Waals surface area contributed by atoms with Gasteiger partial charge in [-0.25, -0.2) is 0 Å². The molecule has 8 heteroatoms. The molecule has 6 nitrogen and oxygen atoms in total. The van der Waals surface area contributed by atoms with Crippen molar-refractivity contribution in [3.63, 3.8) is 0 Å². The highest BCUT2D eigenvalue weighted by Crippen LogP contribution is 2.28. The van der Waals surface area contributed by atoms with Crippen LogP contribution >= 0.6 is 23.2 Å². The summed E-state index contributed by atoms with van der Waals surface area (Å²) in [5, 5.41) is 8.10. The molecule has 0 radical (unpaired) electrons. The SMILES string of the molecule is CC(C)CNC(=O)C1CCCN(Cc2nc(-c3ccc(Cl)cc3Cl)no2)C1. The van der Waals surface area contributed by atoms with Crippen molar-refractivity contribution >= 4 is 29.1 Å². The lowest BCUT2D eigenvalue weighted by atomic mass is 9.97. The number of hydrogen-bond acceptors (Lipinski definition) is 5. The molecule has 0 saturated carbocycles. The minimum absolute atomic E-state index is 0.00519. The molecule has 2 aromatic rings. The maximum atomic E-state index is 12.3. The normalized spacial score (nSPS) is 18.0. The van der Waals surface area contributed by atoms with E-state index >= 15 is 0 Å². The van der Waals surface area contributed by atoms with Gasteiger partial charge in [-0.1, -0.05) is 42.2 Å². The van der Waals surface area contributed by atoms with E-state index in [2.05, 4.69) is 34.2 Å². The molecule has 27 heavy (non-hydrogen) atoms. The van der Waals surface area contributed by atoms with Gasteiger partial charge in [0.15, 0.2) is 0 Å². The van der Waals surface area contributed by atoms with E-state index in [0.29, 0.717) is 52.9 Å². The highest BCUT2D eigenvalue weighted by atomic mass is 35.5. The van der Waals surface area contributed by atoms with Gasteiger partial charge in [-0.05, 0) is 43.5 Å². The van der Waals surface area contributed by atoms with Crippen LogP contribution in [0.15, 0.2) is 22.7 Å². The van der Waals surface area contributed by atoms with Gasteiger partial charge in [0.1, 0.15) is 0 Å². The fraction of sp³-hybridized carbons (Fsp3) is 0.526. The molecule has 146 valence electrons. The molecule has 0 aliphatic carbocycles. The van der Waals surface area contributed by atoms with E-state index in [9.17, 15) is 4.79 Å². The first-order valence-corrected chi connectivity index (χ1v) is 9.96. The van der Waals surface area contributed by atoms with Crippen molar-refractivity contribution in [3.05, 3.63) is 34.1 Å². The van der Waals surface area contributed by atoms with Crippen molar-refractivity contribution in [2.45, 2.75) is 33.2 Å². The molecule has 1 atom stereocenters. The average molecular weight is 411 g/mol. The summed E-state index contributed by atoms with van der Waals surface area (Å²) < 4.78 is 5.39. The standard InChI is InChI=1S/C19H24Cl2N4O2/c1-12(2)9-22-19(26)13-4-3-7-25(10-13)11-17-23-18(24-27-17)15-6-5-14(20)8-16(15)21/h5-6,8,12-13H,3-4,7,9-11H2,1-2H3,(H,22,26). The van der Waals surface area contributed by atoms with E-state index in [1.54, 1.807) is 18.2 Å². The quantitative estimate of drug-likeness (QED) is 0.777. The van der Waals surface area contributed by atoms with Crippen molar-refractivity contribution in [2.75, 3.05) is 19.6 Å². The van der Waals surface area contributed by atoms with Crippen LogP contribution in [0.3, 0.4) is 0 Å². The summed E-state index contributed by atoms with van der Waals surface area (Å²) in [6.07, 6.45) is 1.89. The van der Waals surface area contributed by atoms with Gasteiger partial charge in [-0.2, -0.15) is 4.98 Å². The van der Waals surface area contributed by atoms with Gasteiger partial charge in [0.2, 0.25) is 17.6 Å². The van der Waals surface area contributed by atoms with E-state index in [4.69, 9.17) is 27.7 Å². The highest BCUT2D eigenvalue weighted by Gasteiger charge is 2.27. The molecule has 1 amide bonds. The summed E-state index contributed by atoms with van der Waals surface area (Å²) >= 11 is 12.1. The lowest BCUT2D eigenvalue weighted by Crippen LogP contribution is -2.43. The van der Waals surface area contributed by atoms with Crippen LogP contribution < -0.4 is 5.32 Å². The van der Waals surface area contributed by atoms with Crippen LogP contribution in [0.1, 0.15) is 32.6 Å². The average Bonchev–Trinajstić information content (AvgIpc) is 3.08. The van der Waals surface area contributed by atoms with Crippen LogP contribution in [0.4, 0.5) is 0 Å². The van der Waals surface area contributed by atoms with Gasteiger partial charge in [0, 0.05) is 23.7 Å². The van der Waals surface area contributed by atoms with Gasteiger partial charge in [0.05, 0.1) is 17.5 Å². The minimum Gasteiger partial charge on any atom is -0.356 e. The Balaban J connectivity index is 1.60. The van der Waals surface area contributed by atoms with E-state index in [-0.39, 0.29) is 11.8 Å². The zero-order chi connectivity index (χ0) is 19.4. The molecule has 1 aromatic heterocycles. The van der Waals surface area contributed by atoms with Crippen molar-refractivity contribution in [1.82, 2.24) is 20.4 Å². The molecule has 0 bridgehead atoms. The van der Waals surface area contributed by atoms with Crippen LogP contribution in [-0.4, -0.2) is 40.6 Å². The Morgan fingerprint density at radius 2 is 2.22 bits per heavy atom. The van der Waals surface area contributed by atoms with Gasteiger partial charge >= 0.3 is 0 Å². The molecule has 3 rings (SSSR count). The summed E-state index contributed by atoms with van der Waals surface area (Å²) in [7, 11) is 0. The van der Waals surface area contributed by atoms with Crippen molar-refractivity contribution in [1.29, 1.82) is 0 Å². The van der Waals surface area contributed by atoms with Crippen LogP contribution in [0.5, 0.6) is 0 Å². The topological polar surface area (TPSA) is 71.3 Å². The number of carbonyl (C=O) groups excluding carboxylic acids is 1. The number of halogens is 2. The first-order valence-electron chi connectivity index (χ1n) is 9.20. The smallest absolute Gasteiger partial charge is 0.241 e. The third-order valence-electron chi connectivity index (χ3n) is 4.56. The third kappa shape index (κ3) is 5.43. The molecule has 1 saturated heterocycles. The molecule has 2 heterocycles. The summed E-state index contributed by atoms with van der Waals surface area (Å²) in [6, 6.07) is 5.17. The number of hydrogen-bond donors (Lipinski definition) is 1. The molecule has 1 N–H and O–H groups in total. The van der Waals surface area contributed by atoms with Crippen LogP contribution in [0.2, 0.25) is 10.0 Å². The number of nitrogens with one attached hydrogen (secondary N) is 1. The Kier molecular flexibility index (Phi) is 6.73. The Morgan fingerprint density at radius 3 is 2.96 bits per heavy atom. The van der Waals surface area contributed by atoms with Crippen molar-refractivity contribution in [3.8, 4) is 11.4 Å². The number of aromatic nitrogens is 2. The largest absolute Gasteiger partial charge is 0.356 e. The monoisotopic (exact) mass is 410 g/mol. The summed E-state index contributed by atoms with van der Waals surface area (Å²) in [4.78, 5) is 19.0. The van der Waals surface area contributed by atoms with Crippen LogP contribution in [0, 0.1) is 11.8 Å². The fourth-order valence-corrected chi connectivity index (χ4v) is 3.65. The van der Waals surface area contributed by atoms with Crippen molar-refractivity contribution < 1.29 is 9.32 Å². The number of piperidine rings is 1. The van der Waals surface area contributed by atoms with Crippen molar-refractivity contribution in [2.24, 2.45) is 11.8 Å². The Hall–Kier alpha value is -1.63. The Bertz CT molecular complexity index is 794. The molecule has 1 fully saturated rings. The number of rotatable bonds is 6. The lowest BCUT2D eigenvalue weighted by Gasteiger charge is -2.31. The van der Waals surface area contributed by atoms with Crippen LogP contribution in [0.25, 0.3) is 11.4 Å². The minimum atomic E-state index is 0.00519. The zero-order valence-electron chi connectivity index (χ0n) is 15.5. The molecule has 1 aliphatic rings. The molecular weight excluding hydrogens is 387 g/mol. The second-order valence-corrected chi connectivity index (χ2v) is 8.19. The van der Waals surface area contributed by atoms with Crippen LogP contribution in [-0.2, 0) is 11.3 Å². The Labute approximate surface area is 169 Å². The highest BCUT2D eigenvalue weighted by molar-refractivity contribution is 6.36. The number of nitrogens with zero attached hydrogens (tertiary/aromatic N) is 3. The summed E-state index contributed by atoms with van der Waals surface area (Å²) in [5.41, 5.74) is 0.681. The predicted octanol–water partition coefficient (Wildman–Crippen LogP) is 4.03. The van der Waals surface area contributed by atoms with Gasteiger partial charge in [-0.15, -0.1) is 0 Å². The zero-order valence-corrected chi connectivity index (χ0v) is 17.1. The summed E-state index contributed by atoms with van der Waals surface area (Å²) in [6.45, 7) is 7.02. The van der Waals surface area contributed by atoms with E-state index in [1.165, 1.54) is 0 Å².